The quantitative estimate of drug-likeness (QED) is 0.445. The molecule has 1 saturated carbocycles. The van der Waals surface area contributed by atoms with E-state index in [1.165, 1.54) is 22.0 Å². The van der Waals surface area contributed by atoms with Gasteiger partial charge in [-0.25, -0.2) is 4.68 Å². The minimum Gasteiger partial charge on any atom is -0.494 e. The van der Waals surface area contributed by atoms with Gasteiger partial charge in [0.25, 0.3) is 0 Å². The highest BCUT2D eigenvalue weighted by Crippen LogP contribution is 2.40. The van der Waals surface area contributed by atoms with Crippen molar-refractivity contribution in [1.29, 1.82) is 5.41 Å². The summed E-state index contributed by atoms with van der Waals surface area (Å²) in [6.45, 7) is 9.60. The first-order chi connectivity index (χ1) is 17.2. The Hall–Kier alpha value is -3.11. The van der Waals surface area contributed by atoms with Crippen molar-refractivity contribution >= 4 is 29.5 Å². The minimum absolute atomic E-state index is 0. The van der Waals surface area contributed by atoms with Crippen LogP contribution < -0.4 is 20.0 Å². The number of fused-ring (bicyclic) bond motifs is 1. The lowest BCUT2D eigenvalue weighted by Crippen LogP contribution is -2.37. The number of hydrogen-bond acceptors (Lipinski definition) is 8. The second kappa shape index (κ2) is 10.7. The maximum absolute atomic E-state index is 13.5. The highest BCUT2D eigenvalue weighted by Gasteiger charge is 2.27. The largest absolute Gasteiger partial charge is 0.494 e. The maximum Gasteiger partial charge on any atom is 0.242 e. The molecule has 1 N–H and O–H groups in total. The van der Waals surface area contributed by atoms with Crippen LogP contribution in [0.15, 0.2) is 24.3 Å². The molecule has 2 aliphatic rings. The number of Topliss-reactive ketones (excluding diaryl/α,β-unsaturated/α-hetero) is 1. The number of nitrogens with zero attached hydrogens (tertiary/aromatic N) is 5. The average Bonchev–Trinajstić information content (AvgIpc) is 3.66. The molecule has 1 aliphatic heterocycles. The van der Waals surface area contributed by atoms with Gasteiger partial charge in [-0.2, -0.15) is 4.52 Å². The highest BCUT2D eigenvalue weighted by molar-refractivity contribution is 5.97. The molecule has 1 aliphatic carbocycles. The summed E-state index contributed by atoms with van der Waals surface area (Å²) in [6, 6.07) is 7.32. The zero-order valence-corrected chi connectivity index (χ0v) is 22.6. The predicted molar refractivity (Wildman–Crippen MR) is 141 cm³/mol. The summed E-state index contributed by atoms with van der Waals surface area (Å²) in [6.07, 6.45) is 2.38. The number of benzene rings is 1. The van der Waals surface area contributed by atoms with E-state index >= 15 is 0 Å². The van der Waals surface area contributed by atoms with E-state index in [-0.39, 0.29) is 35.8 Å². The Morgan fingerprint density at radius 2 is 1.89 bits per heavy atom. The number of ether oxygens (including phenoxy) is 3. The molecule has 0 radical (unpaired) electrons. The van der Waals surface area contributed by atoms with E-state index in [9.17, 15) is 4.79 Å². The Morgan fingerprint density at radius 3 is 2.54 bits per heavy atom. The number of nitrogens with one attached hydrogen (secondary N) is 1. The van der Waals surface area contributed by atoms with Crippen LogP contribution in [0.2, 0.25) is 0 Å². The van der Waals surface area contributed by atoms with Gasteiger partial charge in [-0.1, -0.05) is 20.8 Å². The predicted octanol–water partition coefficient (Wildman–Crippen LogP) is 3.25. The second-order valence-corrected chi connectivity index (χ2v) is 10.5. The monoisotopic (exact) mass is 530 g/mol. The molecule has 1 saturated heterocycles. The number of halogens is 1. The zero-order valence-electron chi connectivity index (χ0n) is 21.8. The standard InChI is InChI=1S/C26H34N6O4.ClH/c1-26(2,3)19-13-18(14-20(24(19)34-4)30-9-11-35-12-10-30)21(33)15-31-25(27)32-22(28-31)7-8-23(29-32)36-16-17-5-6-17;/h7-8,13-14,17,27H,5-6,9-12,15-16H2,1-4H3;1H. The molecule has 11 heteroatoms. The van der Waals surface area contributed by atoms with Crippen molar-refractivity contribution in [3.05, 3.63) is 41.0 Å². The molecule has 0 atom stereocenters. The first-order valence-corrected chi connectivity index (χ1v) is 12.5. The van der Waals surface area contributed by atoms with E-state index in [0.29, 0.717) is 42.8 Å². The van der Waals surface area contributed by atoms with Gasteiger partial charge in [0.05, 0.1) is 32.6 Å². The van der Waals surface area contributed by atoms with Crippen LogP contribution in [-0.2, 0) is 16.7 Å². The lowest BCUT2D eigenvalue weighted by Gasteiger charge is -2.33. The molecule has 3 heterocycles. The van der Waals surface area contributed by atoms with Gasteiger partial charge in [-0.05, 0) is 42.4 Å². The molecule has 200 valence electrons. The van der Waals surface area contributed by atoms with E-state index in [4.69, 9.17) is 19.6 Å². The van der Waals surface area contributed by atoms with Crippen molar-refractivity contribution < 1.29 is 19.0 Å². The number of anilines is 1. The molecule has 0 bridgehead atoms. The molecule has 10 nitrogen and oxygen atoms in total. The Morgan fingerprint density at radius 1 is 1.16 bits per heavy atom. The van der Waals surface area contributed by atoms with Crippen LogP contribution in [0.4, 0.5) is 5.69 Å². The SMILES string of the molecule is COc1c(N2CCOCC2)cc(C(=O)Cn2nc3ccc(OCC4CC4)nn3c2=N)cc1C(C)(C)C.Cl. The van der Waals surface area contributed by atoms with Crippen molar-refractivity contribution in [2.75, 3.05) is 44.9 Å². The van der Waals surface area contributed by atoms with Crippen LogP contribution in [0.5, 0.6) is 11.6 Å². The molecule has 0 amide bonds. The number of morpholine rings is 1. The van der Waals surface area contributed by atoms with Gasteiger partial charge >= 0.3 is 0 Å². The Kier molecular flexibility index (Phi) is 7.80. The van der Waals surface area contributed by atoms with Gasteiger partial charge in [0.15, 0.2) is 11.4 Å². The fraction of sp³-hybridized carbons (Fsp3) is 0.538. The van der Waals surface area contributed by atoms with Crippen molar-refractivity contribution in [2.45, 2.75) is 45.6 Å². The fourth-order valence-electron chi connectivity index (χ4n) is 4.40. The molecule has 1 aromatic carbocycles. The topological polar surface area (TPSA) is 107 Å². The average molecular weight is 531 g/mol. The van der Waals surface area contributed by atoms with Gasteiger partial charge in [0, 0.05) is 30.3 Å². The Bertz CT molecular complexity index is 1340. The number of carbonyl (C=O) groups excluding carboxylic acids is 1. The second-order valence-electron chi connectivity index (χ2n) is 10.5. The molecule has 2 fully saturated rings. The first kappa shape index (κ1) is 26.9. The number of carbonyl (C=O) groups is 1. The van der Waals surface area contributed by atoms with Crippen LogP contribution >= 0.6 is 12.4 Å². The van der Waals surface area contributed by atoms with Crippen molar-refractivity contribution in [1.82, 2.24) is 19.4 Å². The highest BCUT2D eigenvalue weighted by atomic mass is 35.5. The molecule has 3 aromatic rings. The number of hydrogen-bond donors (Lipinski definition) is 1. The number of methoxy groups -OCH3 is 1. The summed E-state index contributed by atoms with van der Waals surface area (Å²) >= 11 is 0. The van der Waals surface area contributed by atoms with Crippen molar-refractivity contribution in [3.8, 4) is 11.6 Å². The van der Waals surface area contributed by atoms with Crippen LogP contribution in [0.25, 0.3) is 5.65 Å². The van der Waals surface area contributed by atoms with Crippen LogP contribution in [-0.4, -0.2) is 65.2 Å². The molecular weight excluding hydrogens is 496 g/mol. The van der Waals surface area contributed by atoms with Crippen LogP contribution in [0.3, 0.4) is 0 Å². The smallest absolute Gasteiger partial charge is 0.242 e. The van der Waals surface area contributed by atoms with Crippen LogP contribution in [0, 0.1) is 11.3 Å². The number of rotatable bonds is 8. The fourth-order valence-corrected chi connectivity index (χ4v) is 4.40. The molecule has 5 rings (SSSR count). The zero-order chi connectivity index (χ0) is 25.4. The minimum atomic E-state index is -0.236. The Balaban J connectivity index is 0.00000320. The van der Waals surface area contributed by atoms with Crippen molar-refractivity contribution in [3.63, 3.8) is 0 Å². The van der Waals surface area contributed by atoms with E-state index in [1.807, 2.05) is 12.1 Å². The summed E-state index contributed by atoms with van der Waals surface area (Å²) in [4.78, 5) is 15.7. The van der Waals surface area contributed by atoms with Gasteiger partial charge in [-0.15, -0.1) is 22.6 Å². The molecule has 0 unspecified atom stereocenters. The normalized spacial score (nSPS) is 15.9. The maximum atomic E-state index is 13.5. The number of ketones is 1. The summed E-state index contributed by atoms with van der Waals surface area (Å²) < 4.78 is 19.9. The molecular formula is C26H35ClN6O4. The van der Waals surface area contributed by atoms with E-state index in [0.717, 1.165) is 30.1 Å². The van der Waals surface area contributed by atoms with E-state index < -0.39 is 0 Å². The lowest BCUT2D eigenvalue weighted by molar-refractivity contribution is 0.0965. The molecule has 37 heavy (non-hydrogen) atoms. The first-order valence-electron chi connectivity index (χ1n) is 12.5. The summed E-state index contributed by atoms with van der Waals surface area (Å²) in [5.41, 5.74) is 2.69. The van der Waals surface area contributed by atoms with Gasteiger partial charge in [0.2, 0.25) is 11.5 Å². The molecule has 2 aromatic heterocycles. The third kappa shape index (κ3) is 5.75. The summed E-state index contributed by atoms with van der Waals surface area (Å²) in [7, 11) is 1.67. The van der Waals surface area contributed by atoms with E-state index in [1.54, 1.807) is 19.2 Å². The third-order valence-electron chi connectivity index (χ3n) is 6.67. The van der Waals surface area contributed by atoms with Crippen LogP contribution in [0.1, 0.15) is 49.5 Å². The summed E-state index contributed by atoms with van der Waals surface area (Å²) in [5, 5.41) is 17.4. The van der Waals surface area contributed by atoms with Gasteiger partial charge in [0.1, 0.15) is 12.3 Å². The Labute approximate surface area is 222 Å². The third-order valence-corrected chi connectivity index (χ3v) is 6.67. The van der Waals surface area contributed by atoms with Gasteiger partial charge < -0.3 is 19.1 Å². The molecule has 0 spiro atoms. The van der Waals surface area contributed by atoms with Gasteiger partial charge in [-0.3, -0.25) is 10.2 Å². The van der Waals surface area contributed by atoms with Crippen molar-refractivity contribution in [2.24, 2.45) is 5.92 Å². The lowest BCUT2D eigenvalue weighted by atomic mass is 9.84. The summed E-state index contributed by atoms with van der Waals surface area (Å²) in [5.74, 6) is 1.71. The van der Waals surface area contributed by atoms with E-state index in [2.05, 4.69) is 35.9 Å². The number of aromatic nitrogens is 4.